The van der Waals surface area contributed by atoms with Gasteiger partial charge in [0.15, 0.2) is 0 Å². The van der Waals surface area contributed by atoms with Crippen LogP contribution in [-0.2, 0) is 10.1 Å². The van der Waals surface area contributed by atoms with E-state index in [-0.39, 0.29) is 11.2 Å². The number of hydrogen-bond acceptors (Lipinski definition) is 2. The molecule has 0 saturated heterocycles. The molecule has 0 aliphatic carbocycles. The van der Waals surface area contributed by atoms with E-state index in [1.54, 1.807) is 0 Å². The predicted octanol–water partition coefficient (Wildman–Crippen LogP) is 4.82. The van der Waals surface area contributed by atoms with Gasteiger partial charge in [-0.2, -0.15) is 8.42 Å². The summed E-state index contributed by atoms with van der Waals surface area (Å²) in [6.45, 7) is 6.52. The van der Waals surface area contributed by atoms with Crippen molar-refractivity contribution >= 4 is 10.1 Å². The minimum Gasteiger partial charge on any atom is -0.286 e. The minimum absolute atomic E-state index is 0.0792. The van der Waals surface area contributed by atoms with Gasteiger partial charge in [0.1, 0.15) is 0 Å². The Hall–Kier alpha value is -0.0900. The zero-order valence-corrected chi connectivity index (χ0v) is 13.8. The van der Waals surface area contributed by atoms with Gasteiger partial charge in [0, 0.05) is 0 Å². The van der Waals surface area contributed by atoms with Crippen molar-refractivity contribution in [2.75, 3.05) is 5.75 Å². The first-order chi connectivity index (χ1) is 8.89. The number of hydrogen-bond donors (Lipinski definition) is 1. The fraction of sp³-hybridized carbons (Fsp3) is 1.00. The summed E-state index contributed by atoms with van der Waals surface area (Å²) < 4.78 is 31.1. The second-order valence-electron chi connectivity index (χ2n) is 5.85. The molecule has 0 aromatic rings. The van der Waals surface area contributed by atoms with Gasteiger partial charge in [-0.25, -0.2) is 0 Å². The van der Waals surface area contributed by atoms with Crippen molar-refractivity contribution in [3.8, 4) is 0 Å². The van der Waals surface area contributed by atoms with Gasteiger partial charge in [-0.3, -0.25) is 4.55 Å². The van der Waals surface area contributed by atoms with Crippen molar-refractivity contribution in [3.63, 3.8) is 0 Å². The third-order valence-electron chi connectivity index (χ3n) is 4.07. The summed E-state index contributed by atoms with van der Waals surface area (Å²) in [5.74, 6) is -0.0792. The molecular weight excluding hydrogens is 260 g/mol. The molecule has 0 amide bonds. The molecule has 0 saturated carbocycles. The molecule has 1 N–H and O–H groups in total. The van der Waals surface area contributed by atoms with Gasteiger partial charge in [0.05, 0.1) is 5.75 Å². The predicted molar refractivity (Wildman–Crippen MR) is 82.0 cm³/mol. The van der Waals surface area contributed by atoms with Crippen LogP contribution in [0.3, 0.4) is 0 Å². The minimum atomic E-state index is -3.83. The normalized spacial score (nSPS) is 12.8. The summed E-state index contributed by atoms with van der Waals surface area (Å²) in [4.78, 5) is 0. The van der Waals surface area contributed by atoms with Crippen LogP contribution in [0.1, 0.15) is 85.0 Å². The standard InChI is InChI=1S/C15H32O3S/c1-4-7-10-15(11-8-5-2,12-9-6-3)13-14-19(16,17)18/h4-14H2,1-3H3,(H,16,17,18). The molecule has 0 bridgehead atoms. The lowest BCUT2D eigenvalue weighted by Gasteiger charge is -2.34. The summed E-state index contributed by atoms with van der Waals surface area (Å²) in [6, 6.07) is 0. The Kier molecular flexibility index (Phi) is 9.71. The second-order valence-corrected chi connectivity index (χ2v) is 7.42. The molecule has 0 rings (SSSR count). The fourth-order valence-corrected chi connectivity index (χ4v) is 3.44. The summed E-state index contributed by atoms with van der Waals surface area (Å²) in [7, 11) is -3.83. The molecule has 116 valence electrons. The molecule has 0 spiro atoms. The molecular formula is C15H32O3S. The molecule has 0 aliphatic heterocycles. The summed E-state index contributed by atoms with van der Waals surface area (Å²) in [5.41, 5.74) is 0.123. The Morgan fingerprint density at radius 2 is 1.16 bits per heavy atom. The van der Waals surface area contributed by atoms with E-state index in [4.69, 9.17) is 4.55 Å². The third-order valence-corrected chi connectivity index (χ3v) is 4.79. The lowest BCUT2D eigenvalue weighted by molar-refractivity contribution is 0.191. The van der Waals surface area contributed by atoms with Crippen LogP contribution >= 0.6 is 0 Å². The van der Waals surface area contributed by atoms with Crippen LogP contribution < -0.4 is 0 Å². The first-order valence-electron chi connectivity index (χ1n) is 7.84. The molecule has 0 radical (unpaired) electrons. The van der Waals surface area contributed by atoms with Crippen molar-refractivity contribution < 1.29 is 13.0 Å². The zero-order chi connectivity index (χ0) is 14.8. The molecule has 0 heterocycles. The Morgan fingerprint density at radius 3 is 1.42 bits per heavy atom. The molecule has 0 atom stereocenters. The van der Waals surface area contributed by atoms with Crippen LogP contribution in [0.15, 0.2) is 0 Å². The average Bonchev–Trinajstić information content (AvgIpc) is 2.36. The van der Waals surface area contributed by atoms with Crippen molar-refractivity contribution in [3.05, 3.63) is 0 Å². The lowest BCUT2D eigenvalue weighted by Crippen LogP contribution is -2.25. The van der Waals surface area contributed by atoms with Crippen LogP contribution in [0.4, 0.5) is 0 Å². The van der Waals surface area contributed by atoms with Gasteiger partial charge in [0.2, 0.25) is 0 Å². The van der Waals surface area contributed by atoms with Gasteiger partial charge < -0.3 is 0 Å². The fourth-order valence-electron chi connectivity index (χ4n) is 2.75. The SMILES string of the molecule is CCCCC(CCCC)(CCCC)CCS(=O)(=O)O. The van der Waals surface area contributed by atoms with Crippen molar-refractivity contribution in [2.24, 2.45) is 5.41 Å². The first kappa shape index (κ1) is 18.9. The van der Waals surface area contributed by atoms with Gasteiger partial charge in [-0.1, -0.05) is 59.3 Å². The highest BCUT2D eigenvalue weighted by molar-refractivity contribution is 7.85. The highest BCUT2D eigenvalue weighted by atomic mass is 32.2. The second kappa shape index (κ2) is 9.76. The molecule has 3 nitrogen and oxygen atoms in total. The van der Waals surface area contributed by atoms with E-state index >= 15 is 0 Å². The molecule has 0 aliphatic rings. The Balaban J connectivity index is 4.75. The van der Waals surface area contributed by atoms with E-state index in [9.17, 15) is 8.42 Å². The Morgan fingerprint density at radius 1 is 0.789 bits per heavy atom. The monoisotopic (exact) mass is 292 g/mol. The van der Waals surface area contributed by atoms with Crippen LogP contribution in [0.5, 0.6) is 0 Å². The quantitative estimate of drug-likeness (QED) is 0.525. The van der Waals surface area contributed by atoms with Crippen molar-refractivity contribution in [1.82, 2.24) is 0 Å². The van der Waals surface area contributed by atoms with Gasteiger partial charge in [-0.15, -0.1) is 0 Å². The van der Waals surface area contributed by atoms with Crippen LogP contribution in [0, 0.1) is 5.41 Å². The van der Waals surface area contributed by atoms with E-state index in [1.807, 2.05) is 0 Å². The lowest BCUT2D eigenvalue weighted by atomic mass is 9.72. The first-order valence-corrected chi connectivity index (χ1v) is 9.45. The molecule has 4 heteroatoms. The average molecular weight is 292 g/mol. The van der Waals surface area contributed by atoms with Gasteiger partial charge in [-0.05, 0) is 31.1 Å². The summed E-state index contributed by atoms with van der Waals surface area (Å²) >= 11 is 0. The Bertz CT molecular complexity index is 288. The van der Waals surface area contributed by atoms with E-state index in [2.05, 4.69) is 20.8 Å². The molecule has 0 fully saturated rings. The number of unbranched alkanes of at least 4 members (excludes halogenated alkanes) is 3. The van der Waals surface area contributed by atoms with E-state index in [0.717, 1.165) is 57.8 Å². The maximum atomic E-state index is 11.1. The van der Waals surface area contributed by atoms with Gasteiger partial charge in [0.25, 0.3) is 10.1 Å². The summed E-state index contributed by atoms with van der Waals surface area (Å²) in [6.07, 6.45) is 10.8. The van der Waals surface area contributed by atoms with Crippen LogP contribution in [0.2, 0.25) is 0 Å². The van der Waals surface area contributed by atoms with Gasteiger partial charge >= 0.3 is 0 Å². The maximum Gasteiger partial charge on any atom is 0.264 e. The van der Waals surface area contributed by atoms with Crippen LogP contribution in [-0.4, -0.2) is 18.7 Å². The largest absolute Gasteiger partial charge is 0.286 e. The van der Waals surface area contributed by atoms with Crippen molar-refractivity contribution in [1.29, 1.82) is 0 Å². The molecule has 0 aromatic carbocycles. The highest BCUT2D eigenvalue weighted by Crippen LogP contribution is 2.40. The van der Waals surface area contributed by atoms with Crippen molar-refractivity contribution in [2.45, 2.75) is 85.0 Å². The van der Waals surface area contributed by atoms with E-state index in [1.165, 1.54) is 0 Å². The third kappa shape index (κ3) is 9.44. The van der Waals surface area contributed by atoms with E-state index in [0.29, 0.717) is 6.42 Å². The van der Waals surface area contributed by atoms with Crippen LogP contribution in [0.25, 0.3) is 0 Å². The highest BCUT2D eigenvalue weighted by Gasteiger charge is 2.29. The molecule has 0 unspecified atom stereocenters. The number of rotatable bonds is 12. The molecule has 0 aromatic heterocycles. The zero-order valence-electron chi connectivity index (χ0n) is 13.0. The maximum absolute atomic E-state index is 11.1. The smallest absolute Gasteiger partial charge is 0.264 e. The topological polar surface area (TPSA) is 54.4 Å². The van der Waals surface area contributed by atoms with E-state index < -0.39 is 10.1 Å². The molecule has 19 heavy (non-hydrogen) atoms. The summed E-state index contributed by atoms with van der Waals surface area (Å²) in [5, 5.41) is 0. The Labute approximate surface area is 119 Å².